The molecule has 0 amide bonds. The van der Waals surface area contributed by atoms with Crippen molar-refractivity contribution in [3.05, 3.63) is 35.4 Å². The molecule has 27 heavy (non-hydrogen) atoms. The van der Waals surface area contributed by atoms with E-state index in [-0.39, 0.29) is 30.1 Å². The fourth-order valence-corrected chi connectivity index (χ4v) is 3.68. The lowest BCUT2D eigenvalue weighted by atomic mass is 10.1. The van der Waals surface area contributed by atoms with Crippen molar-refractivity contribution in [2.75, 3.05) is 26.2 Å². The minimum absolute atomic E-state index is 0. The predicted octanol–water partition coefficient (Wildman–Crippen LogP) is 2.50. The molecule has 152 valence electrons. The molecule has 3 N–H and O–H groups in total. The topological polar surface area (TPSA) is 72.1 Å². The van der Waals surface area contributed by atoms with Gasteiger partial charge < -0.3 is 20.5 Å². The van der Waals surface area contributed by atoms with E-state index in [0.29, 0.717) is 24.7 Å². The first-order chi connectivity index (χ1) is 12.6. The molecule has 1 aromatic rings. The third-order valence-electron chi connectivity index (χ3n) is 4.89. The van der Waals surface area contributed by atoms with Gasteiger partial charge in [0.25, 0.3) is 0 Å². The lowest BCUT2D eigenvalue weighted by Crippen LogP contribution is -2.44. The Balaban J connectivity index is 0.00000261. The van der Waals surface area contributed by atoms with Crippen LogP contribution in [0.15, 0.2) is 29.3 Å². The Hall–Kier alpha value is -0.900. The number of morpholine rings is 1. The van der Waals surface area contributed by atoms with Gasteiger partial charge in [-0.25, -0.2) is 4.99 Å². The first-order valence-corrected chi connectivity index (χ1v) is 9.69. The Morgan fingerprint density at radius 2 is 1.85 bits per heavy atom. The highest BCUT2D eigenvalue weighted by Crippen LogP contribution is 2.15. The molecule has 0 spiro atoms. The number of nitrogens with two attached hydrogens (primary N) is 1. The summed E-state index contributed by atoms with van der Waals surface area (Å²) in [5.74, 6) is 0.487. The van der Waals surface area contributed by atoms with Crippen molar-refractivity contribution in [2.24, 2.45) is 10.7 Å². The number of aliphatic imine (C=N–C) groups is 1. The van der Waals surface area contributed by atoms with Crippen LogP contribution in [-0.4, -0.2) is 55.4 Å². The zero-order valence-corrected chi connectivity index (χ0v) is 18.7. The Morgan fingerprint density at radius 3 is 2.48 bits per heavy atom. The van der Waals surface area contributed by atoms with Crippen LogP contribution in [0.3, 0.4) is 0 Å². The maximum Gasteiger partial charge on any atom is 0.189 e. The fourth-order valence-electron chi connectivity index (χ4n) is 3.68. The molecule has 6 nitrogen and oxygen atoms in total. The van der Waals surface area contributed by atoms with Crippen molar-refractivity contribution in [3.63, 3.8) is 0 Å². The third kappa shape index (κ3) is 7.56. The van der Waals surface area contributed by atoms with E-state index in [9.17, 15) is 0 Å². The van der Waals surface area contributed by atoms with Gasteiger partial charge in [0.05, 0.1) is 24.9 Å². The number of benzene rings is 1. The molecule has 1 aromatic carbocycles. The van der Waals surface area contributed by atoms with Crippen LogP contribution in [0, 0.1) is 0 Å². The summed E-state index contributed by atoms with van der Waals surface area (Å²) in [6.07, 6.45) is 3.11. The SMILES string of the molecule is CC1CN(Cc2ccc(CN=C(N)NCC3CCCO3)cc2)CC(C)O1.I. The number of halogens is 1. The van der Waals surface area contributed by atoms with Gasteiger partial charge in [-0.15, -0.1) is 24.0 Å². The van der Waals surface area contributed by atoms with Crippen LogP contribution in [0.2, 0.25) is 0 Å². The Bertz CT molecular complexity index is 580. The van der Waals surface area contributed by atoms with Gasteiger partial charge in [0.1, 0.15) is 0 Å². The molecule has 2 heterocycles. The molecule has 0 aromatic heterocycles. The third-order valence-corrected chi connectivity index (χ3v) is 4.89. The number of guanidine groups is 1. The second-order valence-electron chi connectivity index (χ2n) is 7.49. The molecule has 0 aliphatic carbocycles. The van der Waals surface area contributed by atoms with Gasteiger partial charge in [-0.05, 0) is 37.8 Å². The van der Waals surface area contributed by atoms with Gasteiger partial charge in [0.2, 0.25) is 0 Å². The molecule has 3 atom stereocenters. The normalized spacial score (nSPS) is 26.6. The van der Waals surface area contributed by atoms with Crippen molar-refractivity contribution in [2.45, 2.75) is 58.1 Å². The van der Waals surface area contributed by atoms with E-state index in [1.54, 1.807) is 0 Å². The molecule has 3 rings (SSSR count). The van der Waals surface area contributed by atoms with Gasteiger partial charge in [0, 0.05) is 32.8 Å². The van der Waals surface area contributed by atoms with E-state index in [0.717, 1.165) is 45.6 Å². The largest absolute Gasteiger partial charge is 0.376 e. The van der Waals surface area contributed by atoms with Gasteiger partial charge in [0.15, 0.2) is 5.96 Å². The average Bonchev–Trinajstić information content (AvgIpc) is 3.12. The lowest BCUT2D eigenvalue weighted by Gasteiger charge is -2.35. The number of nitrogens with one attached hydrogen (secondary N) is 1. The zero-order chi connectivity index (χ0) is 18.4. The molecule has 3 unspecified atom stereocenters. The lowest BCUT2D eigenvalue weighted by molar-refractivity contribution is -0.0704. The molecule has 0 radical (unpaired) electrons. The molecule has 2 fully saturated rings. The summed E-state index contributed by atoms with van der Waals surface area (Å²) >= 11 is 0. The van der Waals surface area contributed by atoms with Crippen molar-refractivity contribution in [1.82, 2.24) is 10.2 Å². The minimum Gasteiger partial charge on any atom is -0.376 e. The molecule has 7 heteroatoms. The van der Waals surface area contributed by atoms with Gasteiger partial charge in [-0.3, -0.25) is 4.90 Å². The standard InChI is InChI=1S/C20H32N4O2.HI/c1-15-12-24(13-16(2)26-15)14-18-7-5-17(6-8-18)10-22-20(21)23-11-19-4-3-9-25-19;/h5-8,15-16,19H,3-4,9-14H2,1-2H3,(H3,21,22,23);1H. The number of ether oxygens (including phenoxy) is 2. The van der Waals surface area contributed by atoms with Gasteiger partial charge in [-0.2, -0.15) is 0 Å². The Morgan fingerprint density at radius 1 is 1.19 bits per heavy atom. The van der Waals surface area contributed by atoms with E-state index < -0.39 is 0 Å². The minimum atomic E-state index is 0. The van der Waals surface area contributed by atoms with Crippen LogP contribution in [0.5, 0.6) is 0 Å². The molecular formula is C20H33IN4O2. The number of hydrogen-bond acceptors (Lipinski definition) is 4. The number of rotatable bonds is 6. The molecule has 0 bridgehead atoms. The van der Waals surface area contributed by atoms with Gasteiger partial charge >= 0.3 is 0 Å². The second-order valence-corrected chi connectivity index (χ2v) is 7.49. The van der Waals surface area contributed by atoms with Gasteiger partial charge in [-0.1, -0.05) is 24.3 Å². The highest BCUT2D eigenvalue weighted by atomic mass is 127. The number of nitrogens with zero attached hydrogens (tertiary/aromatic N) is 2. The molecule has 2 saturated heterocycles. The van der Waals surface area contributed by atoms with Crippen LogP contribution in [0.4, 0.5) is 0 Å². The molecule has 0 saturated carbocycles. The van der Waals surface area contributed by atoms with Crippen LogP contribution in [-0.2, 0) is 22.6 Å². The van der Waals surface area contributed by atoms with Crippen molar-refractivity contribution in [1.29, 1.82) is 0 Å². The molecular weight excluding hydrogens is 455 g/mol. The van der Waals surface area contributed by atoms with Crippen LogP contribution in [0.1, 0.15) is 37.8 Å². The summed E-state index contributed by atoms with van der Waals surface area (Å²) in [5, 5.41) is 3.15. The summed E-state index contributed by atoms with van der Waals surface area (Å²) in [6, 6.07) is 8.65. The fraction of sp³-hybridized carbons (Fsp3) is 0.650. The summed E-state index contributed by atoms with van der Waals surface area (Å²) in [6.45, 7) is 9.42. The first kappa shape index (κ1) is 22.4. The summed E-state index contributed by atoms with van der Waals surface area (Å²) in [4.78, 5) is 6.88. The van der Waals surface area contributed by atoms with Crippen molar-refractivity contribution >= 4 is 29.9 Å². The highest BCUT2D eigenvalue weighted by Gasteiger charge is 2.21. The van der Waals surface area contributed by atoms with Crippen molar-refractivity contribution < 1.29 is 9.47 Å². The van der Waals surface area contributed by atoms with E-state index in [1.165, 1.54) is 11.1 Å². The molecule has 2 aliphatic rings. The van der Waals surface area contributed by atoms with E-state index in [2.05, 4.69) is 53.3 Å². The monoisotopic (exact) mass is 488 g/mol. The summed E-state index contributed by atoms with van der Waals surface area (Å²) in [5.41, 5.74) is 8.43. The van der Waals surface area contributed by atoms with E-state index in [1.807, 2.05) is 0 Å². The zero-order valence-electron chi connectivity index (χ0n) is 16.4. The first-order valence-electron chi connectivity index (χ1n) is 9.69. The predicted molar refractivity (Wildman–Crippen MR) is 119 cm³/mol. The maximum atomic E-state index is 5.94. The Labute approximate surface area is 179 Å². The summed E-state index contributed by atoms with van der Waals surface area (Å²) in [7, 11) is 0. The van der Waals surface area contributed by atoms with Crippen LogP contribution < -0.4 is 11.1 Å². The van der Waals surface area contributed by atoms with E-state index >= 15 is 0 Å². The van der Waals surface area contributed by atoms with Crippen molar-refractivity contribution in [3.8, 4) is 0 Å². The average molecular weight is 488 g/mol. The highest BCUT2D eigenvalue weighted by molar-refractivity contribution is 14.0. The maximum absolute atomic E-state index is 5.94. The smallest absolute Gasteiger partial charge is 0.189 e. The second kappa shape index (κ2) is 11.2. The van der Waals surface area contributed by atoms with Crippen LogP contribution in [0.25, 0.3) is 0 Å². The Kier molecular flexibility index (Phi) is 9.28. The number of hydrogen-bond donors (Lipinski definition) is 2. The molecule has 2 aliphatic heterocycles. The van der Waals surface area contributed by atoms with Crippen LogP contribution >= 0.6 is 24.0 Å². The van der Waals surface area contributed by atoms with E-state index in [4.69, 9.17) is 15.2 Å². The summed E-state index contributed by atoms with van der Waals surface area (Å²) < 4.78 is 11.4. The quantitative estimate of drug-likeness (QED) is 0.366.